The standard InChI is InChI=1S/Al.8ClH.V/h;8*1H;/q+3;;;;;;;;;+5/p-8. The molecule has 0 heterocycles. The fourth-order valence-corrected chi connectivity index (χ4v) is 0. The fraction of sp³-hybridized carbons (Fsp3) is 0. The summed E-state index contributed by atoms with van der Waals surface area (Å²) in [5.74, 6) is 0. The van der Waals surface area contributed by atoms with E-state index in [4.69, 9.17) is 0 Å². The molecule has 0 N–H and O–H groups in total. The molecule has 0 aliphatic rings. The fourth-order valence-electron chi connectivity index (χ4n) is 0. The first kappa shape index (κ1) is 176. The number of rotatable bonds is 0. The summed E-state index contributed by atoms with van der Waals surface area (Å²) in [4.78, 5) is 0. The third kappa shape index (κ3) is 105. The molecule has 10 heavy (non-hydrogen) atoms. The van der Waals surface area contributed by atoms with E-state index in [9.17, 15) is 0 Å². The molecular weight excluding hydrogens is 362 g/mol. The summed E-state index contributed by atoms with van der Waals surface area (Å²) in [5.41, 5.74) is 0. The van der Waals surface area contributed by atoms with Crippen LogP contribution in [-0.4, -0.2) is 17.4 Å². The summed E-state index contributed by atoms with van der Waals surface area (Å²) in [6.07, 6.45) is 0. The second kappa shape index (κ2) is 138. The summed E-state index contributed by atoms with van der Waals surface area (Å²) < 4.78 is 0. The van der Waals surface area contributed by atoms with Gasteiger partial charge in [-0.05, 0) is 0 Å². The minimum absolute atomic E-state index is 0. The van der Waals surface area contributed by atoms with Crippen molar-refractivity contribution in [1.82, 2.24) is 0 Å². The second-order valence-corrected chi connectivity index (χ2v) is 0. The molecule has 0 aromatic heterocycles. The molecule has 0 atom stereocenters. The molecule has 0 nitrogen and oxygen atoms in total. The van der Waals surface area contributed by atoms with E-state index in [1.807, 2.05) is 0 Å². The molecule has 0 aliphatic heterocycles. The number of hydrogen-bond acceptors (Lipinski definition) is 0. The van der Waals surface area contributed by atoms with E-state index in [1.54, 1.807) is 0 Å². The van der Waals surface area contributed by atoms with Gasteiger partial charge < -0.3 is 99.3 Å². The zero-order valence-corrected chi connectivity index (χ0v) is 12.6. The Hall–Kier alpha value is 3.44. The Morgan fingerprint density at radius 3 is 0.300 bits per heavy atom. The van der Waals surface area contributed by atoms with Crippen molar-refractivity contribution in [3.8, 4) is 0 Å². The monoisotopic (exact) mass is 358 g/mol. The van der Waals surface area contributed by atoms with Crippen LogP contribution in [0.5, 0.6) is 0 Å². The molecule has 0 aromatic rings. The van der Waals surface area contributed by atoms with Crippen LogP contribution in [0.15, 0.2) is 0 Å². The van der Waals surface area contributed by atoms with Gasteiger partial charge in [0.2, 0.25) is 0 Å². The minimum Gasteiger partial charge on any atom is -1.00 e. The summed E-state index contributed by atoms with van der Waals surface area (Å²) >= 11 is 0. The minimum atomic E-state index is 0. The molecule has 0 spiro atoms. The third-order valence-corrected chi connectivity index (χ3v) is 0. The van der Waals surface area contributed by atoms with E-state index >= 15 is 0 Å². The molecule has 0 rings (SSSR count). The molecule has 0 amide bonds. The largest absolute Gasteiger partial charge is 5.00 e. The molecular formula is AlCl8V. The average Bonchev–Trinajstić information content (AvgIpc) is 0. The molecule has 0 aliphatic carbocycles. The zero-order chi connectivity index (χ0) is 0. The van der Waals surface area contributed by atoms with Crippen LogP contribution >= 0.6 is 0 Å². The molecule has 0 bridgehead atoms. The number of halogens is 8. The normalized spacial score (nSPS) is 0. The Balaban J connectivity index is 0. The maximum Gasteiger partial charge on any atom is 5.00 e. The van der Waals surface area contributed by atoms with Gasteiger partial charge in [-0.1, -0.05) is 0 Å². The molecule has 10 heteroatoms. The maximum atomic E-state index is 0. The quantitative estimate of drug-likeness (QED) is 0.376. The van der Waals surface area contributed by atoms with Crippen LogP contribution in [0.2, 0.25) is 0 Å². The predicted octanol–water partition coefficient (Wildman–Crippen LogP) is -24.4. The van der Waals surface area contributed by atoms with Gasteiger partial charge in [0.15, 0.2) is 0 Å². The Morgan fingerprint density at radius 1 is 0.300 bits per heavy atom. The first-order chi connectivity index (χ1) is 0. The van der Waals surface area contributed by atoms with Gasteiger partial charge in [0, 0.05) is 0 Å². The van der Waals surface area contributed by atoms with E-state index in [0.29, 0.717) is 0 Å². The predicted molar refractivity (Wildman–Crippen MR) is 5.75 cm³/mol. The summed E-state index contributed by atoms with van der Waals surface area (Å²) in [7, 11) is 0. The number of hydrogen-bond donors (Lipinski definition) is 0. The van der Waals surface area contributed by atoms with Crippen LogP contribution in [0.1, 0.15) is 0 Å². The summed E-state index contributed by atoms with van der Waals surface area (Å²) in [6.45, 7) is 0. The van der Waals surface area contributed by atoms with E-state index in [0.717, 1.165) is 0 Å². The van der Waals surface area contributed by atoms with Gasteiger partial charge in [-0.2, -0.15) is 0 Å². The topological polar surface area (TPSA) is 0 Å². The van der Waals surface area contributed by atoms with Crippen molar-refractivity contribution in [2.75, 3.05) is 0 Å². The van der Waals surface area contributed by atoms with E-state index < -0.39 is 0 Å². The van der Waals surface area contributed by atoms with Crippen molar-refractivity contribution < 1.29 is 118 Å². The van der Waals surface area contributed by atoms with Gasteiger partial charge >= 0.3 is 35.9 Å². The summed E-state index contributed by atoms with van der Waals surface area (Å²) in [5, 5.41) is 0. The van der Waals surface area contributed by atoms with Crippen LogP contribution in [0.3, 0.4) is 0 Å². The van der Waals surface area contributed by atoms with Gasteiger partial charge in [-0.15, -0.1) is 0 Å². The molecule has 0 saturated carbocycles. The average molecular weight is 362 g/mol. The smallest absolute Gasteiger partial charge is 1.00 e. The van der Waals surface area contributed by atoms with Crippen molar-refractivity contribution in [3.05, 3.63) is 0 Å². The van der Waals surface area contributed by atoms with Gasteiger partial charge in [-0.25, -0.2) is 0 Å². The van der Waals surface area contributed by atoms with Crippen LogP contribution in [-0.2, 0) is 18.6 Å². The molecule has 0 fully saturated rings. The van der Waals surface area contributed by atoms with Gasteiger partial charge in [0.1, 0.15) is 0 Å². The molecule has 0 aromatic carbocycles. The van der Waals surface area contributed by atoms with Crippen molar-refractivity contribution in [2.45, 2.75) is 0 Å². The third-order valence-electron chi connectivity index (χ3n) is 0. The molecule has 64 valence electrons. The summed E-state index contributed by atoms with van der Waals surface area (Å²) in [6, 6.07) is 0. The SMILES string of the molecule is [Al+3].[Cl-].[Cl-].[Cl-].[Cl-].[Cl-].[Cl-].[Cl-].[Cl-].[V+5]. The Bertz CT molecular complexity index is 9.22. The maximum absolute atomic E-state index is 0. The Labute approximate surface area is 133 Å². The molecule has 0 unspecified atom stereocenters. The Morgan fingerprint density at radius 2 is 0.300 bits per heavy atom. The van der Waals surface area contributed by atoms with Gasteiger partial charge in [0.25, 0.3) is 0 Å². The zero-order valence-electron chi connectivity index (χ0n) is 4.05. The van der Waals surface area contributed by atoms with Crippen molar-refractivity contribution in [2.24, 2.45) is 0 Å². The van der Waals surface area contributed by atoms with Crippen molar-refractivity contribution in [1.29, 1.82) is 0 Å². The van der Waals surface area contributed by atoms with Crippen molar-refractivity contribution >= 4 is 17.4 Å². The van der Waals surface area contributed by atoms with Crippen LogP contribution < -0.4 is 99.3 Å². The van der Waals surface area contributed by atoms with Crippen molar-refractivity contribution in [3.63, 3.8) is 0 Å². The van der Waals surface area contributed by atoms with Crippen LogP contribution in [0, 0.1) is 0 Å². The van der Waals surface area contributed by atoms with Gasteiger partial charge in [-0.3, -0.25) is 0 Å². The first-order valence-electron chi connectivity index (χ1n) is 0. The molecule has 0 radical (unpaired) electrons. The first-order valence-corrected chi connectivity index (χ1v) is 0. The molecule has 0 saturated heterocycles. The van der Waals surface area contributed by atoms with Crippen LogP contribution in [0.4, 0.5) is 0 Å². The van der Waals surface area contributed by atoms with Crippen LogP contribution in [0.25, 0.3) is 0 Å². The van der Waals surface area contributed by atoms with Gasteiger partial charge in [0.05, 0.1) is 0 Å². The van der Waals surface area contributed by atoms with E-state index in [2.05, 4.69) is 0 Å². The van der Waals surface area contributed by atoms with E-state index in [1.165, 1.54) is 0 Å². The van der Waals surface area contributed by atoms with E-state index in [-0.39, 0.29) is 135 Å². The Kier molecular flexibility index (Phi) is 2420. The second-order valence-electron chi connectivity index (χ2n) is 0.